The van der Waals surface area contributed by atoms with Crippen molar-refractivity contribution in [2.75, 3.05) is 18.5 Å². The third-order valence-electron chi connectivity index (χ3n) is 4.01. The molecule has 1 saturated carbocycles. The van der Waals surface area contributed by atoms with E-state index in [1.54, 1.807) is 0 Å². The van der Waals surface area contributed by atoms with Gasteiger partial charge in [0.15, 0.2) is 5.84 Å². The summed E-state index contributed by atoms with van der Waals surface area (Å²) in [6.45, 7) is 2.52. The molecule has 0 radical (unpaired) electrons. The van der Waals surface area contributed by atoms with Crippen molar-refractivity contribution in [1.29, 1.82) is 0 Å². The Morgan fingerprint density at radius 2 is 2.05 bits per heavy atom. The normalized spacial score (nSPS) is 18.2. The van der Waals surface area contributed by atoms with E-state index in [-0.39, 0.29) is 5.84 Å². The molecule has 1 aromatic carbocycles. The van der Waals surface area contributed by atoms with Crippen molar-refractivity contribution >= 4 is 11.5 Å². The van der Waals surface area contributed by atoms with Crippen molar-refractivity contribution in [3.8, 4) is 0 Å². The lowest BCUT2D eigenvalue weighted by Gasteiger charge is -2.31. The fourth-order valence-corrected chi connectivity index (χ4v) is 2.96. The molecule has 0 aromatic heterocycles. The Bertz CT molecular complexity index is 508. The number of hydrogen-bond donors (Lipinski definition) is 3. The number of nitrogens with zero attached hydrogens (tertiary/aromatic N) is 2. The van der Waals surface area contributed by atoms with Crippen LogP contribution in [0.2, 0.25) is 0 Å². The van der Waals surface area contributed by atoms with E-state index in [0.29, 0.717) is 12.1 Å². The first kappa shape index (κ1) is 14.7. The van der Waals surface area contributed by atoms with Gasteiger partial charge in [-0.2, -0.15) is 0 Å². The monoisotopic (exact) mass is 277 g/mol. The highest BCUT2D eigenvalue weighted by Gasteiger charge is 2.32. The third-order valence-corrected chi connectivity index (χ3v) is 4.01. The first-order chi connectivity index (χ1) is 9.45. The quantitative estimate of drug-likeness (QED) is 0.339. The van der Waals surface area contributed by atoms with Crippen molar-refractivity contribution in [3.63, 3.8) is 0 Å². The molecule has 110 valence electrons. The number of oxime groups is 1. The molecule has 20 heavy (non-hydrogen) atoms. The van der Waals surface area contributed by atoms with Crippen LogP contribution >= 0.6 is 0 Å². The highest BCUT2D eigenvalue weighted by atomic mass is 16.4. The lowest BCUT2D eigenvalue weighted by molar-refractivity contribution is 0.0559. The molecule has 1 aliphatic rings. The number of rotatable bonds is 4. The molecule has 4 N–H and O–H groups in total. The maximum absolute atomic E-state index is 10.5. The summed E-state index contributed by atoms with van der Waals surface area (Å²) in [4.78, 5) is 1.98. The van der Waals surface area contributed by atoms with E-state index < -0.39 is 5.60 Å². The van der Waals surface area contributed by atoms with Crippen molar-refractivity contribution in [2.45, 2.75) is 38.2 Å². The number of likely N-dealkylation sites (N-methyl/N-ethyl adjacent to an activating group) is 1. The number of nitrogens with two attached hydrogens (primary N) is 1. The average molecular weight is 277 g/mol. The van der Waals surface area contributed by atoms with Crippen LogP contribution in [-0.4, -0.2) is 35.3 Å². The summed E-state index contributed by atoms with van der Waals surface area (Å²) in [7, 11) is 1.93. The molecule has 0 heterocycles. The minimum atomic E-state index is -0.623. The van der Waals surface area contributed by atoms with Crippen LogP contribution in [0.3, 0.4) is 0 Å². The zero-order valence-corrected chi connectivity index (χ0v) is 12.1. The minimum Gasteiger partial charge on any atom is -0.409 e. The fourth-order valence-electron chi connectivity index (χ4n) is 2.96. The molecule has 5 heteroatoms. The van der Waals surface area contributed by atoms with Gasteiger partial charge < -0.3 is 20.9 Å². The molecule has 0 atom stereocenters. The van der Waals surface area contributed by atoms with E-state index in [0.717, 1.165) is 36.9 Å². The predicted molar refractivity (Wildman–Crippen MR) is 80.4 cm³/mol. The van der Waals surface area contributed by atoms with Gasteiger partial charge in [-0.05, 0) is 31.9 Å². The van der Waals surface area contributed by atoms with Crippen LogP contribution in [0, 0.1) is 6.92 Å². The summed E-state index contributed by atoms with van der Waals surface area (Å²) < 4.78 is 0. The molecular formula is C15H23N3O2. The Kier molecular flexibility index (Phi) is 4.18. The Hall–Kier alpha value is -1.75. The molecule has 0 bridgehead atoms. The minimum absolute atomic E-state index is 0.0916. The number of hydrogen-bond acceptors (Lipinski definition) is 4. The van der Waals surface area contributed by atoms with Crippen LogP contribution in [0.25, 0.3) is 0 Å². The van der Waals surface area contributed by atoms with Crippen molar-refractivity contribution in [2.24, 2.45) is 10.9 Å². The fraction of sp³-hybridized carbons (Fsp3) is 0.533. The molecule has 0 unspecified atom stereocenters. The van der Waals surface area contributed by atoms with E-state index in [4.69, 9.17) is 10.9 Å². The molecule has 0 amide bonds. The maximum atomic E-state index is 10.5. The van der Waals surface area contributed by atoms with Gasteiger partial charge in [-0.3, -0.25) is 0 Å². The van der Waals surface area contributed by atoms with E-state index in [2.05, 4.69) is 5.16 Å². The highest BCUT2D eigenvalue weighted by molar-refractivity contribution is 6.02. The Labute approximate surface area is 119 Å². The van der Waals surface area contributed by atoms with Crippen LogP contribution in [0.1, 0.15) is 36.8 Å². The standard InChI is InChI=1S/C15H23N3O2/c1-11-5-6-13(12(9-11)14(16)17-20)18(2)10-15(19)7-3-4-8-15/h5-6,9,19-20H,3-4,7-8,10H2,1-2H3,(H2,16,17). The zero-order valence-electron chi connectivity index (χ0n) is 12.1. The first-order valence-electron chi connectivity index (χ1n) is 6.97. The molecule has 0 aliphatic heterocycles. The smallest absolute Gasteiger partial charge is 0.172 e. The first-order valence-corrected chi connectivity index (χ1v) is 6.97. The summed E-state index contributed by atoms with van der Waals surface area (Å²) >= 11 is 0. The summed E-state index contributed by atoms with van der Waals surface area (Å²) in [5.41, 5.74) is 7.73. The molecule has 0 saturated heterocycles. The molecule has 1 aliphatic carbocycles. The van der Waals surface area contributed by atoms with Gasteiger partial charge in [-0.15, -0.1) is 0 Å². The van der Waals surface area contributed by atoms with Gasteiger partial charge in [-0.1, -0.05) is 29.6 Å². The van der Waals surface area contributed by atoms with E-state index in [1.807, 2.05) is 37.1 Å². The molecular weight excluding hydrogens is 254 g/mol. The van der Waals surface area contributed by atoms with Gasteiger partial charge in [0.25, 0.3) is 0 Å². The second-order valence-corrected chi connectivity index (χ2v) is 5.79. The number of aryl methyl sites for hydroxylation is 1. The molecule has 1 aromatic rings. The molecule has 0 spiro atoms. The number of benzene rings is 1. The second-order valence-electron chi connectivity index (χ2n) is 5.79. The summed E-state index contributed by atoms with van der Waals surface area (Å²) in [5.74, 6) is 0.0916. The Balaban J connectivity index is 2.27. The predicted octanol–water partition coefficient (Wildman–Crippen LogP) is 1.83. The van der Waals surface area contributed by atoms with Gasteiger partial charge in [0, 0.05) is 24.8 Å². The average Bonchev–Trinajstić information content (AvgIpc) is 2.83. The number of anilines is 1. The van der Waals surface area contributed by atoms with Crippen molar-refractivity contribution < 1.29 is 10.3 Å². The lowest BCUT2D eigenvalue weighted by atomic mass is 10.0. The summed E-state index contributed by atoms with van der Waals surface area (Å²) in [6.07, 6.45) is 3.82. The van der Waals surface area contributed by atoms with Gasteiger partial charge in [0.1, 0.15) is 0 Å². The van der Waals surface area contributed by atoms with E-state index in [1.165, 1.54) is 0 Å². The van der Waals surface area contributed by atoms with Gasteiger partial charge in [0.05, 0.1) is 5.60 Å². The van der Waals surface area contributed by atoms with Crippen LogP contribution < -0.4 is 10.6 Å². The van der Waals surface area contributed by atoms with Crippen molar-refractivity contribution in [1.82, 2.24) is 0 Å². The Morgan fingerprint density at radius 3 is 2.65 bits per heavy atom. The Morgan fingerprint density at radius 1 is 1.40 bits per heavy atom. The highest BCUT2D eigenvalue weighted by Crippen LogP contribution is 2.32. The van der Waals surface area contributed by atoms with Crippen LogP contribution in [-0.2, 0) is 0 Å². The molecule has 2 rings (SSSR count). The summed E-state index contributed by atoms with van der Waals surface area (Å²) in [5, 5.41) is 22.5. The number of amidine groups is 1. The topological polar surface area (TPSA) is 82.1 Å². The van der Waals surface area contributed by atoms with Gasteiger partial charge >= 0.3 is 0 Å². The molecule has 1 fully saturated rings. The largest absolute Gasteiger partial charge is 0.409 e. The van der Waals surface area contributed by atoms with Crippen molar-refractivity contribution in [3.05, 3.63) is 29.3 Å². The van der Waals surface area contributed by atoms with Crippen LogP contribution in [0.15, 0.2) is 23.4 Å². The van der Waals surface area contributed by atoms with Crippen LogP contribution in [0.5, 0.6) is 0 Å². The number of aliphatic hydroxyl groups is 1. The van der Waals surface area contributed by atoms with Gasteiger partial charge in [0.2, 0.25) is 0 Å². The van der Waals surface area contributed by atoms with Crippen LogP contribution in [0.4, 0.5) is 5.69 Å². The lowest BCUT2D eigenvalue weighted by Crippen LogP contribution is -2.40. The zero-order chi connectivity index (χ0) is 14.8. The summed E-state index contributed by atoms with van der Waals surface area (Å²) in [6, 6.07) is 5.82. The van der Waals surface area contributed by atoms with E-state index >= 15 is 0 Å². The second kappa shape index (κ2) is 5.71. The SMILES string of the molecule is Cc1ccc(N(C)CC2(O)CCCC2)c(/C(N)=N/O)c1. The van der Waals surface area contributed by atoms with E-state index in [9.17, 15) is 5.11 Å². The van der Waals surface area contributed by atoms with Gasteiger partial charge in [-0.25, -0.2) is 0 Å². The maximum Gasteiger partial charge on any atom is 0.172 e. The molecule has 5 nitrogen and oxygen atoms in total. The third kappa shape index (κ3) is 3.04.